The number of carbonyl (C=O) groups excluding carboxylic acids is 3. The van der Waals surface area contributed by atoms with E-state index >= 15 is 0 Å². The van der Waals surface area contributed by atoms with Crippen molar-refractivity contribution < 1.29 is 19.2 Å². The van der Waals surface area contributed by atoms with Crippen molar-refractivity contribution in [3.8, 4) is 0 Å². The molecule has 2 amide bonds. The van der Waals surface area contributed by atoms with Gasteiger partial charge in [0.05, 0.1) is 16.5 Å². The number of hydroxylamine groups is 2. The number of amides is 2. The van der Waals surface area contributed by atoms with Crippen molar-refractivity contribution >= 4 is 17.8 Å². The van der Waals surface area contributed by atoms with Gasteiger partial charge < -0.3 is 4.84 Å². The van der Waals surface area contributed by atoms with Crippen molar-refractivity contribution in [1.29, 1.82) is 0 Å². The van der Waals surface area contributed by atoms with E-state index in [1.54, 1.807) is 31.2 Å². The number of benzene rings is 1. The highest BCUT2D eigenvalue weighted by Gasteiger charge is 2.43. The molecule has 0 N–H and O–H groups in total. The number of imide groups is 1. The minimum absolute atomic E-state index is 0.268. The van der Waals surface area contributed by atoms with Crippen molar-refractivity contribution in [2.24, 2.45) is 5.41 Å². The van der Waals surface area contributed by atoms with Crippen LogP contribution in [0.15, 0.2) is 35.9 Å². The second-order valence-corrected chi connectivity index (χ2v) is 6.14. The number of nitrogens with zero attached hydrogens (tertiary/aromatic N) is 1. The standard InChI is InChI=1S/C17H17NO4/c1-11-7-9-17(2,10-8-11)16(21)22-18-14(19)12-5-3-4-6-13(12)15(18)20/h3-7H,8-10H2,1-2H3. The van der Waals surface area contributed by atoms with E-state index in [-0.39, 0.29) is 11.1 Å². The van der Waals surface area contributed by atoms with Gasteiger partial charge in [0.15, 0.2) is 0 Å². The Morgan fingerprint density at radius 2 is 1.77 bits per heavy atom. The maximum absolute atomic E-state index is 12.4. The molecule has 1 atom stereocenters. The number of allylic oxidation sites excluding steroid dienone is 2. The zero-order chi connectivity index (χ0) is 15.9. The lowest BCUT2D eigenvalue weighted by Gasteiger charge is -2.30. The summed E-state index contributed by atoms with van der Waals surface area (Å²) in [4.78, 5) is 42.0. The average molecular weight is 299 g/mol. The Labute approximate surface area is 128 Å². The molecule has 114 valence electrons. The van der Waals surface area contributed by atoms with Gasteiger partial charge in [-0.15, -0.1) is 0 Å². The SMILES string of the molecule is CC1=CCC(C)(C(=O)ON2C(=O)c3ccccc3C2=O)CC1. The van der Waals surface area contributed by atoms with Crippen molar-refractivity contribution in [3.05, 3.63) is 47.0 Å². The van der Waals surface area contributed by atoms with Gasteiger partial charge in [0.2, 0.25) is 0 Å². The molecular formula is C17H17NO4. The molecule has 0 bridgehead atoms. The van der Waals surface area contributed by atoms with E-state index in [0.717, 1.165) is 6.42 Å². The molecule has 0 saturated heterocycles. The molecule has 0 radical (unpaired) electrons. The molecule has 1 aliphatic heterocycles. The van der Waals surface area contributed by atoms with Gasteiger partial charge in [0.25, 0.3) is 11.8 Å². The monoisotopic (exact) mass is 299 g/mol. The molecule has 5 nitrogen and oxygen atoms in total. The van der Waals surface area contributed by atoms with Crippen molar-refractivity contribution in [2.45, 2.75) is 33.1 Å². The first kappa shape index (κ1) is 14.5. The van der Waals surface area contributed by atoms with Crippen LogP contribution in [0, 0.1) is 5.41 Å². The summed E-state index contributed by atoms with van der Waals surface area (Å²) in [6.45, 7) is 3.82. The predicted molar refractivity (Wildman–Crippen MR) is 78.7 cm³/mol. The fourth-order valence-electron chi connectivity index (χ4n) is 2.71. The molecule has 1 heterocycles. The van der Waals surface area contributed by atoms with Crippen LogP contribution in [0.2, 0.25) is 0 Å². The van der Waals surface area contributed by atoms with Crippen molar-refractivity contribution in [2.75, 3.05) is 0 Å². The first-order valence-corrected chi connectivity index (χ1v) is 7.28. The Kier molecular flexibility index (Phi) is 3.35. The third kappa shape index (κ3) is 2.22. The quantitative estimate of drug-likeness (QED) is 0.622. The molecule has 1 aliphatic carbocycles. The number of rotatable bonds is 2. The van der Waals surface area contributed by atoms with Crippen LogP contribution in [0.4, 0.5) is 0 Å². The zero-order valence-electron chi connectivity index (χ0n) is 12.6. The first-order chi connectivity index (χ1) is 10.4. The van der Waals surface area contributed by atoms with E-state index < -0.39 is 23.2 Å². The van der Waals surface area contributed by atoms with Gasteiger partial charge in [-0.2, -0.15) is 0 Å². The van der Waals surface area contributed by atoms with Gasteiger partial charge in [-0.3, -0.25) is 9.59 Å². The number of carbonyl (C=O) groups is 3. The Bertz CT molecular complexity index is 671. The van der Waals surface area contributed by atoms with E-state index in [2.05, 4.69) is 0 Å². The largest absolute Gasteiger partial charge is 0.339 e. The summed E-state index contributed by atoms with van der Waals surface area (Å²) in [5.41, 5.74) is 1.08. The van der Waals surface area contributed by atoms with Crippen LogP contribution in [0.5, 0.6) is 0 Å². The molecule has 0 spiro atoms. The molecule has 2 aliphatic rings. The molecule has 0 aromatic heterocycles. The van der Waals surface area contributed by atoms with E-state index in [0.29, 0.717) is 17.9 Å². The summed E-state index contributed by atoms with van der Waals surface area (Å²) in [6, 6.07) is 6.45. The lowest BCUT2D eigenvalue weighted by Crippen LogP contribution is -2.40. The van der Waals surface area contributed by atoms with E-state index in [1.807, 2.05) is 13.0 Å². The molecule has 1 aromatic carbocycles. The fraction of sp³-hybridized carbons (Fsp3) is 0.353. The van der Waals surface area contributed by atoms with E-state index in [9.17, 15) is 14.4 Å². The molecule has 3 rings (SSSR count). The summed E-state index contributed by atoms with van der Waals surface area (Å²) < 4.78 is 0. The summed E-state index contributed by atoms with van der Waals surface area (Å²) >= 11 is 0. The molecule has 1 unspecified atom stereocenters. The molecule has 22 heavy (non-hydrogen) atoms. The minimum Gasteiger partial charge on any atom is -0.329 e. The Morgan fingerprint density at radius 1 is 1.18 bits per heavy atom. The molecule has 0 fully saturated rings. The van der Waals surface area contributed by atoms with Crippen LogP contribution < -0.4 is 0 Å². The Morgan fingerprint density at radius 3 is 2.27 bits per heavy atom. The highest BCUT2D eigenvalue weighted by atomic mass is 16.7. The van der Waals surface area contributed by atoms with Crippen LogP contribution in [0.25, 0.3) is 0 Å². The smallest absolute Gasteiger partial charge is 0.329 e. The second kappa shape index (κ2) is 5.09. The van der Waals surface area contributed by atoms with Crippen molar-refractivity contribution in [3.63, 3.8) is 0 Å². The maximum Gasteiger partial charge on any atom is 0.339 e. The van der Waals surface area contributed by atoms with Crippen molar-refractivity contribution in [1.82, 2.24) is 5.06 Å². The van der Waals surface area contributed by atoms with Crippen LogP contribution in [0.3, 0.4) is 0 Å². The van der Waals surface area contributed by atoms with Gasteiger partial charge in [-0.05, 0) is 45.2 Å². The first-order valence-electron chi connectivity index (χ1n) is 7.28. The fourth-order valence-corrected chi connectivity index (χ4v) is 2.71. The average Bonchev–Trinajstić information content (AvgIpc) is 2.76. The highest BCUT2D eigenvalue weighted by Crippen LogP contribution is 2.37. The summed E-state index contributed by atoms with van der Waals surface area (Å²) in [6.07, 6.45) is 4.03. The third-order valence-electron chi connectivity index (χ3n) is 4.40. The van der Waals surface area contributed by atoms with Crippen LogP contribution in [-0.4, -0.2) is 22.8 Å². The van der Waals surface area contributed by atoms with Crippen LogP contribution in [-0.2, 0) is 9.63 Å². The topological polar surface area (TPSA) is 63.7 Å². The molecule has 0 saturated carbocycles. The van der Waals surface area contributed by atoms with E-state index in [1.165, 1.54) is 5.57 Å². The number of hydrogen-bond acceptors (Lipinski definition) is 4. The van der Waals surface area contributed by atoms with Gasteiger partial charge in [0, 0.05) is 0 Å². The summed E-state index contributed by atoms with van der Waals surface area (Å²) in [5.74, 6) is -1.70. The van der Waals surface area contributed by atoms with Gasteiger partial charge in [-0.25, -0.2) is 4.79 Å². The highest BCUT2D eigenvalue weighted by molar-refractivity contribution is 6.20. The molecular weight excluding hydrogens is 282 g/mol. The summed E-state index contributed by atoms with van der Waals surface area (Å²) in [5, 5.41) is 0.587. The van der Waals surface area contributed by atoms with Crippen LogP contribution >= 0.6 is 0 Å². The second-order valence-electron chi connectivity index (χ2n) is 6.14. The third-order valence-corrected chi connectivity index (χ3v) is 4.40. The van der Waals surface area contributed by atoms with Gasteiger partial charge in [-0.1, -0.05) is 28.8 Å². The molecule has 1 aromatic rings. The lowest BCUT2D eigenvalue weighted by molar-refractivity contribution is -0.180. The van der Waals surface area contributed by atoms with Gasteiger partial charge in [0.1, 0.15) is 0 Å². The minimum atomic E-state index is -0.700. The molecule has 5 heteroatoms. The van der Waals surface area contributed by atoms with Crippen LogP contribution in [0.1, 0.15) is 53.8 Å². The zero-order valence-corrected chi connectivity index (χ0v) is 12.6. The van der Waals surface area contributed by atoms with Gasteiger partial charge >= 0.3 is 5.97 Å². The number of hydrogen-bond donors (Lipinski definition) is 0. The maximum atomic E-state index is 12.4. The predicted octanol–water partition coefficient (Wildman–Crippen LogP) is 2.88. The Hall–Kier alpha value is -2.43. The number of fused-ring (bicyclic) bond motifs is 1. The summed E-state index contributed by atoms with van der Waals surface area (Å²) in [7, 11) is 0. The Balaban J connectivity index is 1.79. The van der Waals surface area contributed by atoms with E-state index in [4.69, 9.17) is 4.84 Å². The normalized spacial score (nSPS) is 24.1. The lowest BCUT2D eigenvalue weighted by atomic mass is 9.77.